The van der Waals surface area contributed by atoms with Crippen molar-refractivity contribution in [3.05, 3.63) is 83.7 Å². The van der Waals surface area contributed by atoms with Crippen molar-refractivity contribution < 1.29 is 9.32 Å². The first-order chi connectivity index (χ1) is 13.6. The molecule has 4 rings (SSSR count). The number of nitrogens with one attached hydrogen (secondary N) is 1. The summed E-state index contributed by atoms with van der Waals surface area (Å²) in [5, 5.41) is 6.91. The lowest BCUT2D eigenvalue weighted by molar-refractivity contribution is 0.102. The minimum atomic E-state index is -0.252. The molecule has 6 nitrogen and oxygen atoms in total. The van der Waals surface area contributed by atoms with E-state index in [-0.39, 0.29) is 5.91 Å². The highest BCUT2D eigenvalue weighted by atomic mass is 16.5. The molecule has 2 aromatic carbocycles. The third-order valence-electron chi connectivity index (χ3n) is 4.32. The van der Waals surface area contributed by atoms with Crippen LogP contribution >= 0.6 is 0 Å². The van der Waals surface area contributed by atoms with Crippen molar-refractivity contribution in [1.29, 1.82) is 0 Å². The molecule has 0 fully saturated rings. The largest absolute Gasteiger partial charge is 0.334 e. The van der Waals surface area contributed by atoms with Crippen molar-refractivity contribution in [2.24, 2.45) is 0 Å². The van der Waals surface area contributed by atoms with Gasteiger partial charge < -0.3 is 9.84 Å². The maximum absolute atomic E-state index is 12.3. The SMILES string of the molecule is Cc1cccc(C(=O)Nc2ccc(-c3noc(-c4ccccc4C)n3)cc2)n1. The first-order valence-corrected chi connectivity index (χ1v) is 8.85. The van der Waals surface area contributed by atoms with Crippen LogP contribution in [0.1, 0.15) is 21.7 Å². The summed E-state index contributed by atoms with van der Waals surface area (Å²) < 4.78 is 5.41. The third kappa shape index (κ3) is 3.66. The van der Waals surface area contributed by atoms with Crippen LogP contribution in [0.2, 0.25) is 0 Å². The molecule has 2 aromatic heterocycles. The molecule has 0 radical (unpaired) electrons. The van der Waals surface area contributed by atoms with E-state index in [1.165, 1.54) is 0 Å². The fourth-order valence-corrected chi connectivity index (χ4v) is 2.83. The molecule has 138 valence electrons. The summed E-state index contributed by atoms with van der Waals surface area (Å²) >= 11 is 0. The maximum Gasteiger partial charge on any atom is 0.274 e. The Morgan fingerprint density at radius 2 is 1.68 bits per heavy atom. The van der Waals surface area contributed by atoms with Gasteiger partial charge >= 0.3 is 0 Å². The van der Waals surface area contributed by atoms with E-state index in [2.05, 4.69) is 20.4 Å². The number of carbonyl (C=O) groups is 1. The Balaban J connectivity index is 1.51. The number of pyridine rings is 1. The van der Waals surface area contributed by atoms with Gasteiger partial charge in [0.2, 0.25) is 5.82 Å². The first-order valence-electron chi connectivity index (χ1n) is 8.85. The molecule has 0 saturated heterocycles. The second-order valence-electron chi connectivity index (χ2n) is 6.43. The number of carbonyl (C=O) groups excluding carboxylic acids is 1. The van der Waals surface area contributed by atoms with E-state index in [4.69, 9.17) is 4.52 Å². The van der Waals surface area contributed by atoms with Gasteiger partial charge in [-0.3, -0.25) is 4.79 Å². The number of amides is 1. The molecule has 0 saturated carbocycles. The molecular formula is C22H18N4O2. The molecular weight excluding hydrogens is 352 g/mol. The van der Waals surface area contributed by atoms with Crippen LogP contribution in [0.15, 0.2) is 71.3 Å². The molecule has 6 heteroatoms. The number of anilines is 1. The number of hydrogen-bond acceptors (Lipinski definition) is 5. The van der Waals surface area contributed by atoms with Crippen LogP contribution in [-0.2, 0) is 0 Å². The monoisotopic (exact) mass is 370 g/mol. The highest BCUT2D eigenvalue weighted by Gasteiger charge is 2.13. The maximum atomic E-state index is 12.3. The van der Waals surface area contributed by atoms with E-state index in [0.29, 0.717) is 23.1 Å². The number of aromatic nitrogens is 3. The van der Waals surface area contributed by atoms with Gasteiger partial charge in [-0.2, -0.15) is 4.98 Å². The van der Waals surface area contributed by atoms with Gasteiger partial charge in [0.05, 0.1) is 0 Å². The van der Waals surface area contributed by atoms with Crippen molar-refractivity contribution in [2.75, 3.05) is 5.32 Å². The quantitative estimate of drug-likeness (QED) is 0.565. The van der Waals surface area contributed by atoms with E-state index in [1.807, 2.05) is 62.4 Å². The molecule has 1 amide bonds. The standard InChI is InChI=1S/C22H18N4O2/c1-14-6-3-4-8-18(14)22-25-20(26-28-22)16-10-12-17(13-11-16)24-21(27)19-9-5-7-15(2)23-19/h3-13H,1-2H3,(H,24,27). The summed E-state index contributed by atoms with van der Waals surface area (Å²) in [6.45, 7) is 3.85. The molecule has 0 aliphatic heterocycles. The molecule has 0 aliphatic rings. The number of rotatable bonds is 4. The Kier molecular flexibility index (Phi) is 4.68. The van der Waals surface area contributed by atoms with Crippen molar-refractivity contribution in [1.82, 2.24) is 15.1 Å². The Bertz CT molecular complexity index is 1130. The van der Waals surface area contributed by atoms with Gasteiger partial charge in [-0.15, -0.1) is 0 Å². The Morgan fingerprint density at radius 1 is 0.893 bits per heavy atom. The normalized spacial score (nSPS) is 10.6. The summed E-state index contributed by atoms with van der Waals surface area (Å²) in [6, 6.07) is 20.5. The van der Waals surface area contributed by atoms with Gasteiger partial charge in [0, 0.05) is 22.5 Å². The lowest BCUT2D eigenvalue weighted by Crippen LogP contribution is -2.13. The van der Waals surface area contributed by atoms with E-state index in [0.717, 1.165) is 22.4 Å². The lowest BCUT2D eigenvalue weighted by atomic mass is 10.1. The number of aryl methyl sites for hydroxylation is 2. The van der Waals surface area contributed by atoms with Crippen molar-refractivity contribution >= 4 is 11.6 Å². The third-order valence-corrected chi connectivity index (χ3v) is 4.32. The summed E-state index contributed by atoms with van der Waals surface area (Å²) in [6.07, 6.45) is 0. The van der Waals surface area contributed by atoms with Gasteiger partial charge in [-0.1, -0.05) is 29.4 Å². The topological polar surface area (TPSA) is 80.9 Å². The summed E-state index contributed by atoms with van der Waals surface area (Å²) in [5.41, 5.74) is 4.63. The molecule has 28 heavy (non-hydrogen) atoms. The van der Waals surface area contributed by atoms with Gasteiger partial charge in [0.25, 0.3) is 11.8 Å². The average Bonchev–Trinajstić information content (AvgIpc) is 3.19. The molecule has 0 aliphatic carbocycles. The van der Waals surface area contributed by atoms with Crippen LogP contribution in [0.25, 0.3) is 22.8 Å². The molecule has 0 atom stereocenters. The molecule has 0 spiro atoms. The minimum Gasteiger partial charge on any atom is -0.334 e. The van der Waals surface area contributed by atoms with Crippen LogP contribution in [0.3, 0.4) is 0 Å². The molecule has 0 unspecified atom stereocenters. The zero-order valence-electron chi connectivity index (χ0n) is 15.5. The second kappa shape index (κ2) is 7.44. The minimum absolute atomic E-state index is 0.252. The summed E-state index contributed by atoms with van der Waals surface area (Å²) in [4.78, 5) is 21.0. The van der Waals surface area contributed by atoms with Crippen LogP contribution in [0, 0.1) is 13.8 Å². The Morgan fingerprint density at radius 3 is 2.43 bits per heavy atom. The number of nitrogens with zero attached hydrogens (tertiary/aromatic N) is 3. The predicted octanol–water partition coefficient (Wildman–Crippen LogP) is 4.67. The van der Waals surface area contributed by atoms with Crippen molar-refractivity contribution in [2.45, 2.75) is 13.8 Å². The highest BCUT2D eigenvalue weighted by Crippen LogP contribution is 2.25. The summed E-state index contributed by atoms with van der Waals surface area (Å²) in [5.74, 6) is 0.727. The van der Waals surface area contributed by atoms with E-state index in [9.17, 15) is 4.79 Å². The number of hydrogen-bond donors (Lipinski definition) is 1. The lowest BCUT2D eigenvalue weighted by Gasteiger charge is -2.05. The Labute approximate surface area is 162 Å². The van der Waals surface area contributed by atoms with Gasteiger partial charge in [-0.05, 0) is 61.9 Å². The molecule has 0 bridgehead atoms. The molecule has 1 N–H and O–H groups in total. The van der Waals surface area contributed by atoms with Crippen LogP contribution in [0.5, 0.6) is 0 Å². The van der Waals surface area contributed by atoms with Gasteiger partial charge in [0.1, 0.15) is 5.69 Å². The van der Waals surface area contributed by atoms with E-state index in [1.54, 1.807) is 18.2 Å². The van der Waals surface area contributed by atoms with Crippen LogP contribution in [-0.4, -0.2) is 21.0 Å². The number of benzene rings is 2. The average molecular weight is 370 g/mol. The van der Waals surface area contributed by atoms with E-state index < -0.39 is 0 Å². The molecule has 2 heterocycles. The van der Waals surface area contributed by atoms with Crippen LogP contribution in [0.4, 0.5) is 5.69 Å². The fraction of sp³-hybridized carbons (Fsp3) is 0.0909. The van der Waals surface area contributed by atoms with Gasteiger partial charge in [-0.25, -0.2) is 4.98 Å². The zero-order chi connectivity index (χ0) is 19.5. The smallest absolute Gasteiger partial charge is 0.274 e. The van der Waals surface area contributed by atoms with Gasteiger partial charge in [0.15, 0.2) is 0 Å². The Hall–Kier alpha value is -3.80. The predicted molar refractivity (Wildman–Crippen MR) is 107 cm³/mol. The molecule has 4 aromatic rings. The summed E-state index contributed by atoms with van der Waals surface area (Å²) in [7, 11) is 0. The first kappa shape index (κ1) is 17.6. The second-order valence-corrected chi connectivity index (χ2v) is 6.43. The van der Waals surface area contributed by atoms with Crippen LogP contribution < -0.4 is 5.32 Å². The fourth-order valence-electron chi connectivity index (χ4n) is 2.83. The highest BCUT2D eigenvalue weighted by molar-refractivity contribution is 6.02. The van der Waals surface area contributed by atoms with E-state index >= 15 is 0 Å². The van der Waals surface area contributed by atoms with Crippen molar-refractivity contribution in [3.63, 3.8) is 0 Å². The van der Waals surface area contributed by atoms with Crippen molar-refractivity contribution in [3.8, 4) is 22.8 Å². The zero-order valence-corrected chi connectivity index (χ0v) is 15.5.